The van der Waals surface area contributed by atoms with Gasteiger partial charge in [-0.3, -0.25) is 4.79 Å². The second-order valence-electron chi connectivity index (χ2n) is 7.37. The summed E-state index contributed by atoms with van der Waals surface area (Å²) in [5, 5.41) is 6.63. The van der Waals surface area contributed by atoms with E-state index in [2.05, 4.69) is 15.6 Å². The van der Waals surface area contributed by atoms with Crippen LogP contribution in [-0.4, -0.2) is 43.3 Å². The van der Waals surface area contributed by atoms with E-state index in [1.807, 2.05) is 39.0 Å². The van der Waals surface area contributed by atoms with Gasteiger partial charge in [-0.1, -0.05) is 17.7 Å². The van der Waals surface area contributed by atoms with E-state index in [0.29, 0.717) is 42.1 Å². The van der Waals surface area contributed by atoms with Crippen LogP contribution in [0.1, 0.15) is 26.3 Å². The summed E-state index contributed by atoms with van der Waals surface area (Å²) in [6.07, 6.45) is 1.69. The molecule has 0 spiro atoms. The molecule has 0 fully saturated rings. The van der Waals surface area contributed by atoms with E-state index in [4.69, 9.17) is 25.8 Å². The zero-order chi connectivity index (χ0) is 21.3. The smallest absolute Gasteiger partial charge is 0.258 e. The van der Waals surface area contributed by atoms with Crippen LogP contribution in [0.25, 0.3) is 0 Å². The normalized spacial score (nSPS) is 11.1. The summed E-state index contributed by atoms with van der Waals surface area (Å²) in [5.41, 5.74) is 0.533. The lowest BCUT2D eigenvalue weighted by Crippen LogP contribution is -2.43. The molecule has 1 aromatic carbocycles. The molecule has 0 aliphatic carbocycles. The van der Waals surface area contributed by atoms with Crippen molar-refractivity contribution in [1.82, 2.24) is 15.6 Å². The first-order valence-electron chi connectivity index (χ1n) is 9.33. The van der Waals surface area contributed by atoms with Crippen LogP contribution >= 0.6 is 11.6 Å². The molecule has 0 radical (unpaired) electrons. The van der Waals surface area contributed by atoms with Crippen molar-refractivity contribution in [3.63, 3.8) is 0 Å². The number of methoxy groups -OCH3 is 1. The molecule has 0 saturated carbocycles. The number of pyridine rings is 1. The summed E-state index contributed by atoms with van der Waals surface area (Å²) in [7, 11) is 1.54. The number of carbonyl (C=O) groups is 1. The monoisotopic (exact) mass is 421 g/mol. The standard InChI is InChI=1S/C21H28ClN3O4/c1-21(2,3)25-19(26)14-29-18-12-16(22)15(11-17(18)27-4)13-23-9-10-28-20-7-5-6-8-24-20/h5-8,11-12,23H,9-10,13-14H2,1-4H3,(H,25,26). The Morgan fingerprint density at radius 1 is 1.17 bits per heavy atom. The molecular formula is C21H28ClN3O4. The zero-order valence-electron chi connectivity index (χ0n) is 17.3. The van der Waals surface area contributed by atoms with Crippen LogP contribution in [0.4, 0.5) is 0 Å². The van der Waals surface area contributed by atoms with Crippen molar-refractivity contribution in [2.75, 3.05) is 26.9 Å². The molecule has 158 valence electrons. The molecular weight excluding hydrogens is 394 g/mol. The minimum absolute atomic E-state index is 0.119. The Morgan fingerprint density at radius 2 is 1.97 bits per heavy atom. The van der Waals surface area contributed by atoms with Gasteiger partial charge in [0.05, 0.1) is 7.11 Å². The number of halogens is 1. The summed E-state index contributed by atoms with van der Waals surface area (Å²) in [6.45, 7) is 7.25. The molecule has 8 heteroatoms. The second kappa shape index (κ2) is 10.9. The van der Waals surface area contributed by atoms with Crippen molar-refractivity contribution < 1.29 is 19.0 Å². The van der Waals surface area contributed by atoms with Gasteiger partial charge in [-0.2, -0.15) is 0 Å². The van der Waals surface area contributed by atoms with Crippen LogP contribution in [0.3, 0.4) is 0 Å². The Bertz CT molecular complexity index is 795. The van der Waals surface area contributed by atoms with E-state index in [-0.39, 0.29) is 18.1 Å². The fourth-order valence-corrected chi connectivity index (χ4v) is 2.69. The van der Waals surface area contributed by atoms with Crippen molar-refractivity contribution in [3.05, 3.63) is 47.1 Å². The van der Waals surface area contributed by atoms with Crippen molar-refractivity contribution in [3.8, 4) is 17.4 Å². The van der Waals surface area contributed by atoms with Crippen molar-refractivity contribution in [2.24, 2.45) is 0 Å². The van der Waals surface area contributed by atoms with Crippen LogP contribution < -0.4 is 24.8 Å². The molecule has 0 aliphatic rings. The molecule has 2 rings (SSSR count). The molecule has 2 N–H and O–H groups in total. The third-order valence-corrected chi connectivity index (χ3v) is 4.04. The Kier molecular flexibility index (Phi) is 8.54. The first-order valence-corrected chi connectivity index (χ1v) is 9.71. The largest absolute Gasteiger partial charge is 0.493 e. The number of hydrogen-bond acceptors (Lipinski definition) is 6. The number of ether oxygens (including phenoxy) is 3. The minimum Gasteiger partial charge on any atom is -0.493 e. The van der Waals surface area contributed by atoms with Gasteiger partial charge in [-0.15, -0.1) is 0 Å². The molecule has 0 aliphatic heterocycles. The third-order valence-electron chi connectivity index (χ3n) is 3.69. The predicted molar refractivity (Wildman–Crippen MR) is 113 cm³/mol. The molecule has 0 bridgehead atoms. The molecule has 0 unspecified atom stereocenters. The van der Waals surface area contributed by atoms with Crippen LogP contribution in [-0.2, 0) is 11.3 Å². The maximum atomic E-state index is 12.0. The van der Waals surface area contributed by atoms with Crippen LogP contribution in [0.2, 0.25) is 5.02 Å². The van der Waals surface area contributed by atoms with Crippen molar-refractivity contribution in [1.29, 1.82) is 0 Å². The first-order chi connectivity index (χ1) is 13.8. The number of carbonyl (C=O) groups excluding carboxylic acids is 1. The zero-order valence-corrected chi connectivity index (χ0v) is 18.0. The van der Waals surface area contributed by atoms with Crippen molar-refractivity contribution in [2.45, 2.75) is 32.9 Å². The topological polar surface area (TPSA) is 81.7 Å². The summed E-state index contributed by atoms with van der Waals surface area (Å²) in [6, 6.07) is 8.98. The molecule has 7 nitrogen and oxygen atoms in total. The van der Waals surface area contributed by atoms with E-state index in [1.165, 1.54) is 0 Å². The first kappa shape index (κ1) is 22.8. The fraction of sp³-hybridized carbons (Fsp3) is 0.429. The summed E-state index contributed by atoms with van der Waals surface area (Å²) in [4.78, 5) is 16.1. The average Bonchev–Trinajstić information content (AvgIpc) is 2.66. The quantitative estimate of drug-likeness (QED) is 0.573. The van der Waals surface area contributed by atoms with Crippen LogP contribution in [0.15, 0.2) is 36.5 Å². The Morgan fingerprint density at radius 3 is 2.62 bits per heavy atom. The summed E-state index contributed by atoms with van der Waals surface area (Å²) >= 11 is 6.37. The number of hydrogen-bond donors (Lipinski definition) is 2. The summed E-state index contributed by atoms with van der Waals surface area (Å²) in [5.74, 6) is 1.31. The molecule has 0 atom stereocenters. The maximum Gasteiger partial charge on any atom is 0.258 e. The molecule has 29 heavy (non-hydrogen) atoms. The number of amides is 1. The fourth-order valence-electron chi connectivity index (χ4n) is 2.47. The van der Waals surface area contributed by atoms with Gasteiger partial charge >= 0.3 is 0 Å². The number of nitrogens with zero attached hydrogens (tertiary/aromatic N) is 1. The Labute approximate surface area is 176 Å². The van der Waals surface area contributed by atoms with Gasteiger partial charge in [0, 0.05) is 42.0 Å². The third kappa shape index (κ3) is 8.17. The predicted octanol–water partition coefficient (Wildman–Crippen LogP) is 3.21. The number of rotatable bonds is 10. The van der Waals surface area contributed by atoms with Crippen LogP contribution in [0.5, 0.6) is 17.4 Å². The van der Waals surface area contributed by atoms with E-state index >= 15 is 0 Å². The van der Waals surface area contributed by atoms with Gasteiger partial charge in [0.15, 0.2) is 18.1 Å². The van der Waals surface area contributed by atoms with E-state index in [1.54, 1.807) is 25.4 Å². The lowest BCUT2D eigenvalue weighted by Gasteiger charge is -2.21. The molecule has 1 heterocycles. The second-order valence-corrected chi connectivity index (χ2v) is 7.78. The van der Waals surface area contributed by atoms with Crippen molar-refractivity contribution >= 4 is 17.5 Å². The maximum absolute atomic E-state index is 12.0. The summed E-state index contributed by atoms with van der Waals surface area (Å²) < 4.78 is 16.5. The van der Waals surface area contributed by atoms with Gasteiger partial charge in [-0.05, 0) is 38.5 Å². The number of nitrogens with one attached hydrogen (secondary N) is 2. The lowest BCUT2D eigenvalue weighted by atomic mass is 10.1. The SMILES string of the molecule is COc1cc(CNCCOc2ccccn2)c(Cl)cc1OCC(=O)NC(C)(C)C. The average molecular weight is 422 g/mol. The molecule has 2 aromatic rings. The molecule has 1 amide bonds. The highest BCUT2D eigenvalue weighted by Gasteiger charge is 2.16. The van der Waals surface area contributed by atoms with Gasteiger partial charge in [0.2, 0.25) is 5.88 Å². The highest BCUT2D eigenvalue weighted by atomic mass is 35.5. The molecule has 1 aromatic heterocycles. The Hall–Kier alpha value is -2.51. The van der Waals surface area contributed by atoms with Gasteiger partial charge in [0.1, 0.15) is 6.61 Å². The lowest BCUT2D eigenvalue weighted by molar-refractivity contribution is -0.124. The van der Waals surface area contributed by atoms with E-state index in [9.17, 15) is 4.79 Å². The van der Waals surface area contributed by atoms with E-state index < -0.39 is 0 Å². The molecule has 0 saturated heterocycles. The van der Waals surface area contributed by atoms with E-state index in [0.717, 1.165) is 5.56 Å². The number of aromatic nitrogens is 1. The van der Waals surface area contributed by atoms with Crippen LogP contribution in [0, 0.1) is 0 Å². The van der Waals surface area contributed by atoms with Gasteiger partial charge < -0.3 is 24.8 Å². The van der Waals surface area contributed by atoms with Gasteiger partial charge in [-0.25, -0.2) is 4.98 Å². The highest BCUT2D eigenvalue weighted by Crippen LogP contribution is 2.33. The number of benzene rings is 1. The van der Waals surface area contributed by atoms with Gasteiger partial charge in [0.25, 0.3) is 5.91 Å². The Balaban J connectivity index is 1.86. The highest BCUT2D eigenvalue weighted by molar-refractivity contribution is 6.31. The minimum atomic E-state index is -0.321.